The Bertz CT molecular complexity index is 170. The van der Waals surface area contributed by atoms with Gasteiger partial charge in [0, 0.05) is 26.1 Å². The zero-order chi connectivity index (χ0) is 8.60. The van der Waals surface area contributed by atoms with E-state index in [1.807, 2.05) is 0 Å². The maximum absolute atomic E-state index is 5.95. The van der Waals surface area contributed by atoms with Crippen molar-refractivity contribution in [3.05, 3.63) is 0 Å². The molecule has 12 heavy (non-hydrogen) atoms. The second kappa shape index (κ2) is 2.98. The van der Waals surface area contributed by atoms with Crippen molar-refractivity contribution in [3.63, 3.8) is 0 Å². The van der Waals surface area contributed by atoms with E-state index >= 15 is 0 Å². The molecular formula is C9H18N2O. The molecule has 3 nitrogen and oxygen atoms in total. The van der Waals surface area contributed by atoms with Crippen molar-refractivity contribution in [2.75, 3.05) is 26.7 Å². The van der Waals surface area contributed by atoms with Crippen molar-refractivity contribution < 1.29 is 4.74 Å². The van der Waals surface area contributed by atoms with E-state index in [1.54, 1.807) is 0 Å². The van der Waals surface area contributed by atoms with Crippen LogP contribution in [0, 0.1) is 0 Å². The van der Waals surface area contributed by atoms with Gasteiger partial charge in [-0.25, -0.2) is 0 Å². The fraction of sp³-hybridized carbons (Fsp3) is 1.00. The molecule has 2 fully saturated rings. The van der Waals surface area contributed by atoms with E-state index in [0.717, 1.165) is 32.5 Å². The molecule has 1 spiro atoms. The van der Waals surface area contributed by atoms with E-state index in [0.29, 0.717) is 6.10 Å². The molecule has 0 saturated carbocycles. The van der Waals surface area contributed by atoms with E-state index in [9.17, 15) is 0 Å². The second-order valence-electron chi connectivity index (χ2n) is 4.13. The van der Waals surface area contributed by atoms with Crippen LogP contribution < -0.4 is 5.32 Å². The molecule has 0 bridgehead atoms. The van der Waals surface area contributed by atoms with E-state index in [4.69, 9.17) is 4.74 Å². The van der Waals surface area contributed by atoms with Crippen LogP contribution in [0.4, 0.5) is 0 Å². The van der Waals surface area contributed by atoms with Gasteiger partial charge in [0.1, 0.15) is 5.72 Å². The first-order valence-corrected chi connectivity index (χ1v) is 4.82. The Morgan fingerprint density at radius 3 is 3.00 bits per heavy atom. The van der Waals surface area contributed by atoms with Crippen LogP contribution in [0.5, 0.6) is 0 Å². The lowest BCUT2D eigenvalue weighted by Crippen LogP contribution is -2.55. The Morgan fingerprint density at radius 2 is 2.42 bits per heavy atom. The van der Waals surface area contributed by atoms with E-state index in [2.05, 4.69) is 24.2 Å². The summed E-state index contributed by atoms with van der Waals surface area (Å²) in [5.41, 5.74) is -0.00752. The standard InChI is InChI=1S/C9H18N2O/c1-8-3-5-10-9(12-8)4-6-11(2)7-9/h8,10H,3-7H2,1-2H3. The van der Waals surface area contributed by atoms with Gasteiger partial charge in [0.05, 0.1) is 6.10 Å². The summed E-state index contributed by atoms with van der Waals surface area (Å²) in [5, 5.41) is 3.49. The van der Waals surface area contributed by atoms with E-state index in [1.165, 1.54) is 0 Å². The molecule has 1 N–H and O–H groups in total. The molecule has 70 valence electrons. The number of likely N-dealkylation sites (N-methyl/N-ethyl adjacent to an activating group) is 1. The molecule has 0 aromatic rings. The van der Waals surface area contributed by atoms with Gasteiger partial charge in [-0.2, -0.15) is 0 Å². The number of nitrogens with one attached hydrogen (secondary N) is 1. The van der Waals surface area contributed by atoms with Crippen LogP contribution in [0.2, 0.25) is 0 Å². The minimum atomic E-state index is -0.00752. The quantitative estimate of drug-likeness (QED) is 0.570. The molecule has 2 rings (SSSR count). The fourth-order valence-electron chi connectivity index (χ4n) is 2.20. The highest BCUT2D eigenvalue weighted by Gasteiger charge is 2.40. The highest BCUT2D eigenvalue weighted by atomic mass is 16.5. The van der Waals surface area contributed by atoms with Gasteiger partial charge in [0.2, 0.25) is 0 Å². The third kappa shape index (κ3) is 1.49. The molecule has 2 heterocycles. The Balaban J connectivity index is 2.00. The Labute approximate surface area is 74.1 Å². The third-order valence-electron chi connectivity index (χ3n) is 2.85. The maximum Gasteiger partial charge on any atom is 0.133 e. The molecule has 0 radical (unpaired) electrons. The lowest BCUT2D eigenvalue weighted by atomic mass is 10.1. The molecule has 3 heteroatoms. The van der Waals surface area contributed by atoms with Gasteiger partial charge in [-0.05, 0) is 20.4 Å². The predicted octanol–water partition coefficient (Wildman–Crippen LogP) is 0.417. The highest BCUT2D eigenvalue weighted by molar-refractivity contribution is 4.91. The van der Waals surface area contributed by atoms with Crippen molar-refractivity contribution in [2.24, 2.45) is 0 Å². The number of likely N-dealkylation sites (tertiary alicyclic amines) is 1. The zero-order valence-electron chi connectivity index (χ0n) is 7.97. The van der Waals surface area contributed by atoms with Crippen molar-refractivity contribution in [1.29, 1.82) is 0 Å². The summed E-state index contributed by atoms with van der Waals surface area (Å²) in [6, 6.07) is 0. The highest BCUT2D eigenvalue weighted by Crippen LogP contribution is 2.26. The molecule has 2 aliphatic heterocycles. The molecule has 0 amide bonds. The molecule has 2 atom stereocenters. The molecule has 2 saturated heterocycles. The summed E-state index contributed by atoms with van der Waals surface area (Å²) in [5.74, 6) is 0. The van der Waals surface area contributed by atoms with Gasteiger partial charge < -0.3 is 9.64 Å². The number of hydrogen-bond acceptors (Lipinski definition) is 3. The van der Waals surface area contributed by atoms with Crippen LogP contribution in [-0.2, 0) is 4.74 Å². The van der Waals surface area contributed by atoms with E-state index < -0.39 is 0 Å². The number of ether oxygens (including phenoxy) is 1. The maximum atomic E-state index is 5.95. The minimum Gasteiger partial charge on any atom is -0.356 e. The topological polar surface area (TPSA) is 24.5 Å². The zero-order valence-corrected chi connectivity index (χ0v) is 7.97. The second-order valence-corrected chi connectivity index (χ2v) is 4.13. The summed E-state index contributed by atoms with van der Waals surface area (Å²) in [7, 11) is 2.15. The predicted molar refractivity (Wildman–Crippen MR) is 48.0 cm³/mol. The van der Waals surface area contributed by atoms with Crippen molar-refractivity contribution in [2.45, 2.75) is 31.6 Å². The van der Waals surface area contributed by atoms with Crippen LogP contribution in [-0.4, -0.2) is 43.4 Å². The molecule has 0 aromatic heterocycles. The first-order chi connectivity index (χ1) is 5.70. The molecular weight excluding hydrogens is 152 g/mol. The molecule has 0 aliphatic carbocycles. The summed E-state index contributed by atoms with van der Waals surface area (Å²) in [4.78, 5) is 2.32. The normalized spacial score (nSPS) is 44.0. The summed E-state index contributed by atoms with van der Waals surface area (Å²) in [6.07, 6.45) is 2.71. The largest absolute Gasteiger partial charge is 0.356 e. The smallest absolute Gasteiger partial charge is 0.133 e. The van der Waals surface area contributed by atoms with Gasteiger partial charge in [0.25, 0.3) is 0 Å². The molecule has 2 unspecified atom stereocenters. The summed E-state index contributed by atoms with van der Waals surface area (Å²) >= 11 is 0. The number of hydrogen-bond donors (Lipinski definition) is 1. The molecule has 0 aromatic carbocycles. The van der Waals surface area contributed by atoms with Crippen LogP contribution >= 0.6 is 0 Å². The van der Waals surface area contributed by atoms with Crippen molar-refractivity contribution in [3.8, 4) is 0 Å². The number of rotatable bonds is 0. The third-order valence-corrected chi connectivity index (χ3v) is 2.85. The number of nitrogens with zero attached hydrogens (tertiary/aromatic N) is 1. The first kappa shape index (κ1) is 8.48. The van der Waals surface area contributed by atoms with Gasteiger partial charge in [-0.1, -0.05) is 0 Å². The average Bonchev–Trinajstić information content (AvgIpc) is 2.32. The fourth-order valence-corrected chi connectivity index (χ4v) is 2.20. The average molecular weight is 170 g/mol. The summed E-state index contributed by atoms with van der Waals surface area (Å²) in [6.45, 7) is 5.47. The van der Waals surface area contributed by atoms with Gasteiger partial charge in [0.15, 0.2) is 0 Å². The lowest BCUT2D eigenvalue weighted by Gasteiger charge is -2.38. The Morgan fingerprint density at radius 1 is 1.58 bits per heavy atom. The Hall–Kier alpha value is -0.120. The van der Waals surface area contributed by atoms with Crippen LogP contribution in [0.25, 0.3) is 0 Å². The minimum absolute atomic E-state index is 0.00752. The van der Waals surface area contributed by atoms with Crippen molar-refractivity contribution >= 4 is 0 Å². The van der Waals surface area contributed by atoms with Gasteiger partial charge in [-0.3, -0.25) is 5.32 Å². The van der Waals surface area contributed by atoms with Crippen molar-refractivity contribution in [1.82, 2.24) is 10.2 Å². The van der Waals surface area contributed by atoms with Gasteiger partial charge in [-0.15, -0.1) is 0 Å². The van der Waals surface area contributed by atoms with Crippen LogP contribution in [0.3, 0.4) is 0 Å². The van der Waals surface area contributed by atoms with Gasteiger partial charge >= 0.3 is 0 Å². The van der Waals surface area contributed by atoms with Crippen LogP contribution in [0.15, 0.2) is 0 Å². The Kier molecular flexibility index (Phi) is 2.10. The van der Waals surface area contributed by atoms with Crippen LogP contribution in [0.1, 0.15) is 19.8 Å². The van der Waals surface area contributed by atoms with E-state index in [-0.39, 0.29) is 5.72 Å². The lowest BCUT2D eigenvalue weighted by molar-refractivity contribution is -0.126. The first-order valence-electron chi connectivity index (χ1n) is 4.82. The molecule has 2 aliphatic rings. The monoisotopic (exact) mass is 170 g/mol. The SMILES string of the molecule is CC1CCNC2(CCN(C)C2)O1. The summed E-state index contributed by atoms with van der Waals surface area (Å²) < 4.78 is 5.95.